The SMILES string of the molecule is CCCCNC1C(=O)Nc2cc(F)cc(F)c21. The first-order valence-electron chi connectivity index (χ1n) is 5.66. The van der Waals surface area contributed by atoms with Gasteiger partial charge in [0, 0.05) is 11.6 Å². The van der Waals surface area contributed by atoms with Gasteiger partial charge in [-0.3, -0.25) is 4.79 Å². The number of amides is 1. The van der Waals surface area contributed by atoms with Crippen molar-refractivity contribution in [3.63, 3.8) is 0 Å². The molecule has 1 aromatic rings. The number of fused-ring (bicyclic) bond motifs is 1. The van der Waals surface area contributed by atoms with Gasteiger partial charge >= 0.3 is 0 Å². The molecule has 17 heavy (non-hydrogen) atoms. The zero-order chi connectivity index (χ0) is 12.4. The fraction of sp³-hybridized carbons (Fsp3) is 0.417. The van der Waals surface area contributed by atoms with Gasteiger partial charge in [0.05, 0.1) is 5.69 Å². The molecule has 0 saturated heterocycles. The number of nitrogens with one attached hydrogen (secondary N) is 2. The lowest BCUT2D eigenvalue weighted by molar-refractivity contribution is -0.117. The minimum Gasteiger partial charge on any atom is -0.324 e. The van der Waals surface area contributed by atoms with Gasteiger partial charge in [-0.15, -0.1) is 0 Å². The highest BCUT2D eigenvalue weighted by Gasteiger charge is 2.33. The molecule has 0 spiro atoms. The van der Waals surface area contributed by atoms with Crippen molar-refractivity contribution in [3.05, 3.63) is 29.3 Å². The molecule has 0 bridgehead atoms. The number of carbonyl (C=O) groups excluding carboxylic acids is 1. The highest BCUT2D eigenvalue weighted by molar-refractivity contribution is 6.02. The van der Waals surface area contributed by atoms with Gasteiger partial charge in [0.2, 0.25) is 5.91 Å². The summed E-state index contributed by atoms with van der Waals surface area (Å²) in [4.78, 5) is 11.6. The van der Waals surface area contributed by atoms with E-state index in [4.69, 9.17) is 0 Å². The second-order valence-electron chi connectivity index (χ2n) is 4.08. The summed E-state index contributed by atoms with van der Waals surface area (Å²) in [5.74, 6) is -1.70. The van der Waals surface area contributed by atoms with Crippen LogP contribution in [0, 0.1) is 11.6 Å². The van der Waals surface area contributed by atoms with E-state index < -0.39 is 17.7 Å². The molecule has 1 aromatic carbocycles. The maximum Gasteiger partial charge on any atom is 0.246 e. The molecule has 0 aromatic heterocycles. The Balaban J connectivity index is 2.24. The van der Waals surface area contributed by atoms with Gasteiger partial charge < -0.3 is 10.6 Å². The molecule has 1 atom stereocenters. The number of carbonyl (C=O) groups is 1. The number of hydrogen-bond acceptors (Lipinski definition) is 2. The molecule has 1 aliphatic heterocycles. The topological polar surface area (TPSA) is 41.1 Å². The van der Waals surface area contributed by atoms with E-state index in [2.05, 4.69) is 10.6 Å². The molecular formula is C12H14F2N2O. The third kappa shape index (κ3) is 2.29. The number of hydrogen-bond donors (Lipinski definition) is 2. The Kier molecular flexibility index (Phi) is 3.38. The molecule has 2 rings (SSSR count). The minimum absolute atomic E-state index is 0.215. The summed E-state index contributed by atoms with van der Waals surface area (Å²) in [6, 6.07) is 1.22. The Labute approximate surface area is 98.2 Å². The fourth-order valence-electron chi connectivity index (χ4n) is 1.94. The number of benzene rings is 1. The summed E-state index contributed by atoms with van der Waals surface area (Å²) < 4.78 is 26.6. The standard InChI is InChI=1S/C12H14F2N2O/c1-2-3-4-15-11-10-8(14)5-7(13)6-9(10)16-12(11)17/h5-6,11,15H,2-4H2,1H3,(H,16,17). The lowest BCUT2D eigenvalue weighted by Crippen LogP contribution is -2.28. The summed E-state index contributed by atoms with van der Waals surface area (Å²) in [6.45, 7) is 2.66. The smallest absolute Gasteiger partial charge is 0.246 e. The van der Waals surface area contributed by atoms with E-state index in [-0.39, 0.29) is 17.2 Å². The maximum absolute atomic E-state index is 13.6. The van der Waals surface area contributed by atoms with E-state index in [0.29, 0.717) is 6.54 Å². The fourth-order valence-corrected chi connectivity index (χ4v) is 1.94. The summed E-state index contributed by atoms with van der Waals surface area (Å²) in [7, 11) is 0. The minimum atomic E-state index is -0.711. The molecule has 92 valence electrons. The van der Waals surface area contributed by atoms with Crippen molar-refractivity contribution >= 4 is 11.6 Å². The van der Waals surface area contributed by atoms with Crippen LogP contribution in [0.4, 0.5) is 14.5 Å². The number of halogens is 2. The first-order valence-corrected chi connectivity index (χ1v) is 5.66. The third-order valence-electron chi connectivity index (χ3n) is 2.78. The monoisotopic (exact) mass is 240 g/mol. The van der Waals surface area contributed by atoms with Crippen molar-refractivity contribution in [2.45, 2.75) is 25.8 Å². The second-order valence-corrected chi connectivity index (χ2v) is 4.08. The predicted molar refractivity (Wildman–Crippen MR) is 60.6 cm³/mol. The van der Waals surface area contributed by atoms with E-state index in [1.54, 1.807) is 0 Å². The number of anilines is 1. The van der Waals surface area contributed by atoms with Crippen LogP contribution in [-0.4, -0.2) is 12.5 Å². The maximum atomic E-state index is 13.6. The molecule has 1 aliphatic rings. The van der Waals surface area contributed by atoms with E-state index in [1.807, 2.05) is 6.92 Å². The molecular weight excluding hydrogens is 226 g/mol. The zero-order valence-corrected chi connectivity index (χ0v) is 9.52. The molecule has 0 aliphatic carbocycles. The van der Waals surface area contributed by atoms with Crippen LogP contribution in [0.1, 0.15) is 31.4 Å². The highest BCUT2D eigenvalue weighted by atomic mass is 19.1. The number of unbranched alkanes of at least 4 members (excludes halogenated alkanes) is 1. The quantitative estimate of drug-likeness (QED) is 0.793. The molecule has 1 heterocycles. The van der Waals surface area contributed by atoms with Gasteiger partial charge in [-0.1, -0.05) is 13.3 Å². The lowest BCUT2D eigenvalue weighted by atomic mass is 10.1. The van der Waals surface area contributed by atoms with Crippen LogP contribution in [-0.2, 0) is 4.79 Å². The molecule has 1 unspecified atom stereocenters. The van der Waals surface area contributed by atoms with E-state index in [9.17, 15) is 13.6 Å². The van der Waals surface area contributed by atoms with Crippen molar-refractivity contribution in [2.75, 3.05) is 11.9 Å². The van der Waals surface area contributed by atoms with Crippen molar-refractivity contribution < 1.29 is 13.6 Å². The molecule has 2 N–H and O–H groups in total. The molecule has 0 radical (unpaired) electrons. The van der Waals surface area contributed by atoms with Crippen LogP contribution >= 0.6 is 0 Å². The summed E-state index contributed by atoms with van der Waals surface area (Å²) >= 11 is 0. The summed E-state index contributed by atoms with van der Waals surface area (Å²) in [6.07, 6.45) is 1.89. The average Bonchev–Trinajstić information content (AvgIpc) is 2.55. The van der Waals surface area contributed by atoms with Gasteiger partial charge in [0.25, 0.3) is 0 Å². The Hall–Kier alpha value is -1.49. The Morgan fingerprint density at radius 3 is 2.88 bits per heavy atom. The van der Waals surface area contributed by atoms with Crippen LogP contribution in [0.25, 0.3) is 0 Å². The van der Waals surface area contributed by atoms with E-state index in [1.165, 1.54) is 0 Å². The van der Waals surface area contributed by atoms with Gasteiger partial charge in [-0.05, 0) is 19.0 Å². The summed E-state index contributed by atoms with van der Waals surface area (Å²) in [5, 5.41) is 5.45. The summed E-state index contributed by atoms with van der Waals surface area (Å²) in [5.41, 5.74) is 0.439. The van der Waals surface area contributed by atoms with Gasteiger partial charge in [0.1, 0.15) is 17.7 Å². The zero-order valence-electron chi connectivity index (χ0n) is 9.52. The van der Waals surface area contributed by atoms with Crippen LogP contribution in [0.15, 0.2) is 12.1 Å². The van der Waals surface area contributed by atoms with Gasteiger partial charge in [-0.2, -0.15) is 0 Å². The third-order valence-corrected chi connectivity index (χ3v) is 2.78. The first-order chi connectivity index (χ1) is 8.13. The van der Waals surface area contributed by atoms with Crippen LogP contribution in [0.3, 0.4) is 0 Å². The average molecular weight is 240 g/mol. The highest BCUT2D eigenvalue weighted by Crippen LogP contribution is 2.33. The predicted octanol–water partition coefficient (Wildman–Crippen LogP) is 2.35. The van der Waals surface area contributed by atoms with Crippen molar-refractivity contribution in [1.82, 2.24) is 5.32 Å². The Morgan fingerprint density at radius 2 is 2.18 bits per heavy atom. The molecule has 5 heteroatoms. The van der Waals surface area contributed by atoms with Crippen molar-refractivity contribution in [2.24, 2.45) is 0 Å². The molecule has 3 nitrogen and oxygen atoms in total. The largest absolute Gasteiger partial charge is 0.324 e. The second kappa shape index (κ2) is 4.79. The Bertz CT molecular complexity index is 448. The van der Waals surface area contributed by atoms with Crippen LogP contribution < -0.4 is 10.6 Å². The Morgan fingerprint density at radius 1 is 1.41 bits per heavy atom. The van der Waals surface area contributed by atoms with E-state index in [0.717, 1.165) is 25.0 Å². The van der Waals surface area contributed by atoms with Crippen LogP contribution in [0.5, 0.6) is 0 Å². The molecule has 0 fully saturated rings. The molecule has 0 saturated carbocycles. The van der Waals surface area contributed by atoms with Gasteiger partial charge in [0.15, 0.2) is 0 Å². The molecule has 1 amide bonds. The first kappa shape index (κ1) is 12.0. The van der Waals surface area contributed by atoms with Crippen molar-refractivity contribution in [3.8, 4) is 0 Å². The van der Waals surface area contributed by atoms with Gasteiger partial charge in [-0.25, -0.2) is 8.78 Å². The van der Waals surface area contributed by atoms with E-state index >= 15 is 0 Å². The normalized spacial score (nSPS) is 18.1. The number of rotatable bonds is 4. The van der Waals surface area contributed by atoms with Crippen molar-refractivity contribution in [1.29, 1.82) is 0 Å². The lowest BCUT2D eigenvalue weighted by Gasteiger charge is -2.11. The van der Waals surface area contributed by atoms with Crippen LogP contribution in [0.2, 0.25) is 0 Å².